The number of hydrogen-bond acceptors (Lipinski definition) is 2. The average Bonchev–Trinajstić information content (AvgIpc) is 3.50. The van der Waals surface area contributed by atoms with Crippen LogP contribution in [0.4, 0.5) is 0 Å². The minimum atomic E-state index is -0.0695. The molecule has 0 aliphatic rings. The van der Waals surface area contributed by atoms with Gasteiger partial charge in [0.2, 0.25) is 0 Å². The fourth-order valence-corrected chi connectivity index (χ4v) is 5.19. The number of rotatable bonds is 8. The molecule has 0 atom stereocenters. The topological polar surface area (TPSA) is 57.8 Å². The Bertz CT molecular complexity index is 1640. The van der Waals surface area contributed by atoms with E-state index in [-0.39, 0.29) is 11.8 Å². The van der Waals surface area contributed by atoms with Gasteiger partial charge in [0.05, 0.1) is 11.4 Å². The van der Waals surface area contributed by atoms with Crippen LogP contribution in [-0.2, 0) is 0 Å². The van der Waals surface area contributed by atoms with E-state index in [1.54, 1.807) is 0 Å². The van der Waals surface area contributed by atoms with Crippen molar-refractivity contribution in [2.24, 2.45) is 0 Å². The SMILES string of the molecule is O=C(NCCC(c1ccccc1)c1ccccc1)c1ccc(-c2cc(-c3cccc4ccccc34)[nH]n2)cc1. The lowest BCUT2D eigenvalue weighted by molar-refractivity contribution is 0.0953. The molecule has 0 saturated carbocycles. The highest BCUT2D eigenvalue weighted by Gasteiger charge is 2.15. The summed E-state index contributed by atoms with van der Waals surface area (Å²) in [6, 6.07) is 45.2. The van der Waals surface area contributed by atoms with Crippen LogP contribution in [0.15, 0.2) is 133 Å². The molecule has 0 unspecified atom stereocenters. The number of fused-ring (bicyclic) bond motifs is 1. The van der Waals surface area contributed by atoms with E-state index < -0.39 is 0 Å². The van der Waals surface area contributed by atoms with E-state index in [0.717, 1.165) is 28.9 Å². The normalized spacial score (nSPS) is 11.1. The monoisotopic (exact) mass is 507 g/mol. The van der Waals surface area contributed by atoms with Gasteiger partial charge in [-0.3, -0.25) is 9.89 Å². The summed E-state index contributed by atoms with van der Waals surface area (Å²) in [7, 11) is 0. The fraction of sp³-hybridized carbons (Fsp3) is 0.0857. The number of aromatic nitrogens is 2. The zero-order valence-electron chi connectivity index (χ0n) is 21.5. The maximum absolute atomic E-state index is 12.9. The number of amides is 1. The Morgan fingerprint density at radius 1 is 0.718 bits per heavy atom. The molecule has 4 heteroatoms. The van der Waals surface area contributed by atoms with E-state index in [0.29, 0.717) is 12.1 Å². The van der Waals surface area contributed by atoms with E-state index in [9.17, 15) is 4.79 Å². The Hall–Kier alpha value is -4.96. The largest absolute Gasteiger partial charge is 0.352 e. The predicted molar refractivity (Wildman–Crippen MR) is 159 cm³/mol. The minimum absolute atomic E-state index is 0.0695. The molecule has 1 heterocycles. The third-order valence-electron chi connectivity index (χ3n) is 7.22. The van der Waals surface area contributed by atoms with Crippen LogP contribution in [0.25, 0.3) is 33.3 Å². The minimum Gasteiger partial charge on any atom is -0.352 e. The van der Waals surface area contributed by atoms with Crippen molar-refractivity contribution in [3.8, 4) is 22.5 Å². The molecule has 0 bridgehead atoms. The van der Waals surface area contributed by atoms with Gasteiger partial charge in [0.1, 0.15) is 0 Å². The van der Waals surface area contributed by atoms with Crippen molar-refractivity contribution in [2.45, 2.75) is 12.3 Å². The number of benzene rings is 5. The van der Waals surface area contributed by atoms with Gasteiger partial charge in [0.15, 0.2) is 0 Å². The number of hydrogen-bond donors (Lipinski definition) is 2. The van der Waals surface area contributed by atoms with Crippen LogP contribution in [-0.4, -0.2) is 22.6 Å². The van der Waals surface area contributed by atoms with Crippen molar-refractivity contribution in [1.29, 1.82) is 0 Å². The van der Waals surface area contributed by atoms with Crippen molar-refractivity contribution in [3.63, 3.8) is 0 Å². The van der Waals surface area contributed by atoms with Crippen LogP contribution < -0.4 is 5.32 Å². The lowest BCUT2D eigenvalue weighted by atomic mass is 9.88. The van der Waals surface area contributed by atoms with Gasteiger partial charge < -0.3 is 5.32 Å². The molecule has 39 heavy (non-hydrogen) atoms. The Balaban J connectivity index is 1.12. The Labute approximate surface area is 228 Å². The maximum atomic E-state index is 12.9. The third kappa shape index (κ3) is 5.36. The van der Waals surface area contributed by atoms with Crippen molar-refractivity contribution < 1.29 is 4.79 Å². The van der Waals surface area contributed by atoms with Crippen LogP contribution in [0.5, 0.6) is 0 Å². The summed E-state index contributed by atoms with van der Waals surface area (Å²) in [5, 5.41) is 13.2. The van der Waals surface area contributed by atoms with E-state index in [1.807, 2.05) is 42.5 Å². The third-order valence-corrected chi connectivity index (χ3v) is 7.22. The van der Waals surface area contributed by atoms with Gasteiger partial charge in [0.25, 0.3) is 5.91 Å². The summed E-state index contributed by atoms with van der Waals surface area (Å²) in [5.74, 6) is 0.158. The molecule has 5 aromatic carbocycles. The van der Waals surface area contributed by atoms with Crippen molar-refractivity contribution in [3.05, 3.63) is 150 Å². The Morgan fingerprint density at radius 3 is 2.08 bits per heavy atom. The van der Waals surface area contributed by atoms with Gasteiger partial charge in [-0.05, 0) is 46.5 Å². The van der Waals surface area contributed by atoms with Crippen molar-refractivity contribution in [2.75, 3.05) is 6.54 Å². The van der Waals surface area contributed by atoms with Gasteiger partial charge in [-0.2, -0.15) is 5.10 Å². The molecule has 4 nitrogen and oxygen atoms in total. The Morgan fingerprint density at radius 2 is 1.36 bits per heavy atom. The zero-order valence-corrected chi connectivity index (χ0v) is 21.5. The van der Waals surface area contributed by atoms with Gasteiger partial charge in [-0.25, -0.2) is 0 Å². The van der Waals surface area contributed by atoms with Crippen LogP contribution >= 0.6 is 0 Å². The summed E-state index contributed by atoms with van der Waals surface area (Å²) in [4.78, 5) is 12.9. The summed E-state index contributed by atoms with van der Waals surface area (Å²) in [6.07, 6.45) is 0.821. The molecule has 0 spiro atoms. The van der Waals surface area contributed by atoms with Crippen LogP contribution in [0.3, 0.4) is 0 Å². The summed E-state index contributed by atoms with van der Waals surface area (Å²) in [5.41, 5.74) is 7.04. The first-order valence-electron chi connectivity index (χ1n) is 13.3. The van der Waals surface area contributed by atoms with Crippen molar-refractivity contribution in [1.82, 2.24) is 15.5 Å². The molecule has 0 aliphatic heterocycles. The molecule has 0 fully saturated rings. The molecule has 0 saturated heterocycles. The van der Waals surface area contributed by atoms with Gasteiger partial charge >= 0.3 is 0 Å². The van der Waals surface area contributed by atoms with Crippen LogP contribution in [0.2, 0.25) is 0 Å². The molecule has 0 aliphatic carbocycles. The number of carbonyl (C=O) groups is 1. The molecule has 1 aromatic heterocycles. The highest BCUT2D eigenvalue weighted by atomic mass is 16.1. The maximum Gasteiger partial charge on any atom is 0.251 e. The van der Waals surface area contributed by atoms with Gasteiger partial charge in [0, 0.05) is 29.2 Å². The molecule has 0 radical (unpaired) electrons. The van der Waals surface area contributed by atoms with Gasteiger partial charge in [-0.1, -0.05) is 115 Å². The standard InChI is InChI=1S/C35H29N3O/c39-35(36-23-22-30(25-10-3-1-4-11-25)26-12-5-2-6-13-26)29-20-18-28(19-21-29)33-24-34(38-37-33)32-17-9-15-27-14-7-8-16-31(27)32/h1-21,24,30H,22-23H2,(H,36,39)(H,37,38). The van der Waals surface area contributed by atoms with E-state index in [1.165, 1.54) is 21.9 Å². The Kier molecular flexibility index (Phi) is 7.00. The van der Waals surface area contributed by atoms with Crippen molar-refractivity contribution >= 4 is 16.7 Å². The predicted octanol–water partition coefficient (Wildman–Crippen LogP) is 7.85. The van der Waals surface area contributed by atoms with Crippen LogP contribution in [0.1, 0.15) is 33.8 Å². The zero-order chi connectivity index (χ0) is 26.4. The second-order valence-electron chi connectivity index (χ2n) is 9.69. The quantitative estimate of drug-likeness (QED) is 0.220. The second kappa shape index (κ2) is 11.2. The fourth-order valence-electron chi connectivity index (χ4n) is 5.19. The summed E-state index contributed by atoms with van der Waals surface area (Å²) < 4.78 is 0. The molecule has 6 aromatic rings. The molecule has 2 N–H and O–H groups in total. The number of nitrogens with one attached hydrogen (secondary N) is 2. The molecule has 6 rings (SSSR count). The highest BCUT2D eigenvalue weighted by molar-refractivity contribution is 5.96. The number of H-pyrrole nitrogens is 1. The van der Waals surface area contributed by atoms with Gasteiger partial charge in [-0.15, -0.1) is 0 Å². The highest BCUT2D eigenvalue weighted by Crippen LogP contribution is 2.30. The number of aromatic amines is 1. The summed E-state index contributed by atoms with van der Waals surface area (Å²) in [6.45, 7) is 0.586. The first-order valence-corrected chi connectivity index (χ1v) is 13.3. The molecular weight excluding hydrogens is 478 g/mol. The molecule has 190 valence electrons. The molecular formula is C35H29N3O. The molecule has 1 amide bonds. The number of carbonyl (C=O) groups excluding carboxylic acids is 1. The average molecular weight is 508 g/mol. The lowest BCUT2D eigenvalue weighted by Gasteiger charge is -2.18. The first kappa shape index (κ1) is 24.4. The van der Waals surface area contributed by atoms with Crippen LogP contribution in [0, 0.1) is 0 Å². The lowest BCUT2D eigenvalue weighted by Crippen LogP contribution is -2.25. The number of nitrogens with zero attached hydrogens (tertiary/aromatic N) is 1. The van der Waals surface area contributed by atoms with E-state index >= 15 is 0 Å². The van der Waals surface area contributed by atoms with E-state index in [2.05, 4.69) is 107 Å². The smallest absolute Gasteiger partial charge is 0.251 e. The summed E-state index contributed by atoms with van der Waals surface area (Å²) >= 11 is 0. The second-order valence-corrected chi connectivity index (χ2v) is 9.69. The first-order chi connectivity index (χ1) is 19.3. The van der Waals surface area contributed by atoms with E-state index in [4.69, 9.17) is 0 Å².